The van der Waals surface area contributed by atoms with E-state index in [1.165, 1.54) is 24.5 Å². The van der Waals surface area contributed by atoms with Crippen LogP contribution in [-0.4, -0.2) is 34.6 Å². The number of pyridine rings is 1. The quantitative estimate of drug-likeness (QED) is 0.608. The maximum Gasteiger partial charge on any atom is 0.326 e. The molecule has 98 valence electrons. The summed E-state index contributed by atoms with van der Waals surface area (Å²) in [6.07, 6.45) is 4.76. The molecule has 0 aliphatic carbocycles. The molecular formula is C12H17N3O3. The SMILES string of the molecule is NCCCCC(NC(=O)c1ccncc1)C(=O)O. The Bertz CT molecular complexity index is 395. The number of hydrogen-bond donors (Lipinski definition) is 3. The van der Waals surface area contributed by atoms with Gasteiger partial charge in [0.25, 0.3) is 5.91 Å². The van der Waals surface area contributed by atoms with E-state index in [9.17, 15) is 9.59 Å². The number of amides is 1. The Balaban J connectivity index is 2.55. The van der Waals surface area contributed by atoms with Crippen molar-refractivity contribution in [2.24, 2.45) is 5.73 Å². The molecule has 1 aromatic rings. The number of aromatic nitrogens is 1. The lowest BCUT2D eigenvalue weighted by Gasteiger charge is -2.14. The third kappa shape index (κ3) is 4.50. The summed E-state index contributed by atoms with van der Waals surface area (Å²) in [6, 6.07) is 2.19. The smallest absolute Gasteiger partial charge is 0.326 e. The maximum absolute atomic E-state index is 11.8. The fraction of sp³-hybridized carbons (Fsp3) is 0.417. The molecule has 0 saturated carbocycles. The topological polar surface area (TPSA) is 105 Å². The second-order valence-corrected chi connectivity index (χ2v) is 3.88. The normalized spacial score (nSPS) is 11.8. The predicted molar refractivity (Wildman–Crippen MR) is 66.0 cm³/mol. The number of carboxylic acids is 1. The molecule has 0 aliphatic heterocycles. The summed E-state index contributed by atoms with van der Waals surface area (Å²) in [5, 5.41) is 11.5. The van der Waals surface area contributed by atoms with Crippen LogP contribution < -0.4 is 11.1 Å². The molecule has 1 atom stereocenters. The highest BCUT2D eigenvalue weighted by Crippen LogP contribution is 2.03. The summed E-state index contributed by atoms with van der Waals surface area (Å²) < 4.78 is 0. The summed E-state index contributed by atoms with van der Waals surface area (Å²) in [5.41, 5.74) is 5.74. The number of nitrogens with two attached hydrogens (primary N) is 1. The molecule has 1 aromatic heterocycles. The van der Waals surface area contributed by atoms with Crippen LogP contribution in [0.3, 0.4) is 0 Å². The highest BCUT2D eigenvalue weighted by Gasteiger charge is 2.19. The van der Waals surface area contributed by atoms with Crippen molar-refractivity contribution in [2.75, 3.05) is 6.54 Å². The van der Waals surface area contributed by atoms with Crippen molar-refractivity contribution in [3.63, 3.8) is 0 Å². The standard InChI is InChI=1S/C12H17N3O3/c13-6-2-1-3-10(12(17)18)15-11(16)9-4-7-14-8-5-9/h4-5,7-8,10H,1-3,6,13H2,(H,15,16)(H,17,18). The zero-order valence-corrected chi connectivity index (χ0v) is 10.0. The van der Waals surface area contributed by atoms with E-state index in [0.29, 0.717) is 24.9 Å². The first-order valence-electron chi connectivity index (χ1n) is 5.79. The van der Waals surface area contributed by atoms with Crippen molar-refractivity contribution in [1.82, 2.24) is 10.3 Å². The summed E-state index contributed by atoms with van der Waals surface area (Å²) in [7, 11) is 0. The Morgan fingerprint density at radius 2 is 2.00 bits per heavy atom. The van der Waals surface area contributed by atoms with Crippen LogP contribution in [0.5, 0.6) is 0 Å². The molecule has 18 heavy (non-hydrogen) atoms. The van der Waals surface area contributed by atoms with Crippen molar-refractivity contribution in [3.05, 3.63) is 30.1 Å². The number of aliphatic carboxylic acids is 1. The molecule has 1 heterocycles. The molecule has 0 bridgehead atoms. The minimum atomic E-state index is -1.03. The summed E-state index contributed by atoms with van der Waals surface area (Å²) in [4.78, 5) is 26.6. The molecule has 4 N–H and O–H groups in total. The number of carbonyl (C=O) groups is 2. The minimum Gasteiger partial charge on any atom is -0.480 e. The number of hydrogen-bond acceptors (Lipinski definition) is 4. The lowest BCUT2D eigenvalue weighted by Crippen LogP contribution is -2.40. The van der Waals surface area contributed by atoms with Gasteiger partial charge in [-0.15, -0.1) is 0 Å². The first-order valence-corrected chi connectivity index (χ1v) is 5.79. The monoisotopic (exact) mass is 251 g/mol. The predicted octanol–water partition coefficient (Wildman–Crippen LogP) is 0.394. The Hall–Kier alpha value is -1.95. The van der Waals surface area contributed by atoms with Gasteiger partial charge in [0, 0.05) is 18.0 Å². The Labute approximate surface area is 105 Å². The van der Waals surface area contributed by atoms with E-state index in [2.05, 4.69) is 10.3 Å². The molecule has 0 saturated heterocycles. The summed E-state index contributed by atoms with van der Waals surface area (Å²) >= 11 is 0. The Kier molecular flexibility index (Phi) is 5.79. The molecule has 1 rings (SSSR count). The van der Waals surface area contributed by atoms with Crippen molar-refractivity contribution in [1.29, 1.82) is 0 Å². The van der Waals surface area contributed by atoms with Crippen LogP contribution in [0.4, 0.5) is 0 Å². The van der Waals surface area contributed by atoms with Gasteiger partial charge in [0.05, 0.1) is 0 Å². The molecule has 1 unspecified atom stereocenters. The van der Waals surface area contributed by atoms with Gasteiger partial charge in [0.15, 0.2) is 0 Å². The Morgan fingerprint density at radius 3 is 2.56 bits per heavy atom. The molecule has 6 nitrogen and oxygen atoms in total. The third-order valence-electron chi connectivity index (χ3n) is 2.49. The van der Waals surface area contributed by atoms with Gasteiger partial charge in [-0.05, 0) is 37.9 Å². The second-order valence-electron chi connectivity index (χ2n) is 3.88. The van der Waals surface area contributed by atoms with Gasteiger partial charge in [-0.1, -0.05) is 0 Å². The van der Waals surface area contributed by atoms with Gasteiger partial charge in [0.1, 0.15) is 6.04 Å². The Morgan fingerprint density at radius 1 is 1.33 bits per heavy atom. The molecule has 6 heteroatoms. The van der Waals surface area contributed by atoms with Crippen LogP contribution in [0, 0.1) is 0 Å². The number of nitrogens with zero attached hydrogens (tertiary/aromatic N) is 1. The van der Waals surface area contributed by atoms with E-state index in [4.69, 9.17) is 10.8 Å². The zero-order valence-electron chi connectivity index (χ0n) is 10.0. The molecular weight excluding hydrogens is 234 g/mol. The van der Waals surface area contributed by atoms with Crippen LogP contribution in [0.1, 0.15) is 29.6 Å². The van der Waals surface area contributed by atoms with Crippen molar-refractivity contribution in [2.45, 2.75) is 25.3 Å². The summed E-state index contributed by atoms with van der Waals surface area (Å²) in [6.45, 7) is 0.518. The van der Waals surface area contributed by atoms with Gasteiger partial charge in [-0.3, -0.25) is 9.78 Å². The van der Waals surface area contributed by atoms with Crippen molar-refractivity contribution < 1.29 is 14.7 Å². The van der Waals surface area contributed by atoms with E-state index in [1.54, 1.807) is 0 Å². The number of carbonyl (C=O) groups excluding carboxylic acids is 1. The van der Waals surface area contributed by atoms with E-state index in [1.807, 2.05) is 0 Å². The van der Waals surface area contributed by atoms with Gasteiger partial charge >= 0.3 is 5.97 Å². The second kappa shape index (κ2) is 7.39. The molecule has 0 radical (unpaired) electrons. The molecule has 0 spiro atoms. The van der Waals surface area contributed by atoms with Crippen LogP contribution in [0.25, 0.3) is 0 Å². The molecule has 1 amide bonds. The van der Waals surface area contributed by atoms with Crippen LogP contribution in [0.2, 0.25) is 0 Å². The number of rotatable bonds is 7. The van der Waals surface area contributed by atoms with Gasteiger partial charge in [-0.25, -0.2) is 4.79 Å². The first-order chi connectivity index (χ1) is 8.65. The van der Waals surface area contributed by atoms with Gasteiger partial charge in [-0.2, -0.15) is 0 Å². The molecule has 0 aliphatic rings. The van der Waals surface area contributed by atoms with E-state index in [0.717, 1.165) is 6.42 Å². The van der Waals surface area contributed by atoms with Crippen molar-refractivity contribution >= 4 is 11.9 Å². The molecule has 0 aromatic carbocycles. The highest BCUT2D eigenvalue weighted by molar-refractivity contribution is 5.96. The van der Waals surface area contributed by atoms with E-state index >= 15 is 0 Å². The average Bonchev–Trinajstić information content (AvgIpc) is 2.38. The van der Waals surface area contributed by atoms with Crippen molar-refractivity contribution in [3.8, 4) is 0 Å². The first kappa shape index (κ1) is 14.1. The van der Waals surface area contributed by atoms with E-state index < -0.39 is 17.9 Å². The van der Waals surface area contributed by atoms with Crippen LogP contribution >= 0.6 is 0 Å². The number of carboxylic acid groups (broad SMARTS) is 1. The third-order valence-corrected chi connectivity index (χ3v) is 2.49. The minimum absolute atomic E-state index is 0.378. The fourth-order valence-corrected chi connectivity index (χ4v) is 1.50. The zero-order chi connectivity index (χ0) is 13.4. The maximum atomic E-state index is 11.8. The number of nitrogens with one attached hydrogen (secondary N) is 1. The summed E-state index contributed by atoms with van der Waals surface area (Å²) in [5.74, 6) is -1.44. The highest BCUT2D eigenvalue weighted by atomic mass is 16.4. The lowest BCUT2D eigenvalue weighted by molar-refractivity contribution is -0.139. The lowest BCUT2D eigenvalue weighted by atomic mass is 10.1. The van der Waals surface area contributed by atoms with Crippen LogP contribution in [-0.2, 0) is 4.79 Å². The fourth-order valence-electron chi connectivity index (χ4n) is 1.50. The molecule has 0 fully saturated rings. The average molecular weight is 251 g/mol. The van der Waals surface area contributed by atoms with Gasteiger partial charge < -0.3 is 16.2 Å². The van der Waals surface area contributed by atoms with Gasteiger partial charge in [0.2, 0.25) is 0 Å². The van der Waals surface area contributed by atoms with Crippen LogP contribution in [0.15, 0.2) is 24.5 Å². The number of unbranched alkanes of at least 4 members (excludes halogenated alkanes) is 1. The van der Waals surface area contributed by atoms with E-state index in [-0.39, 0.29) is 0 Å². The largest absolute Gasteiger partial charge is 0.480 e.